The fourth-order valence-corrected chi connectivity index (χ4v) is 2.96. The predicted octanol–water partition coefficient (Wildman–Crippen LogP) is 3.84. The minimum absolute atomic E-state index is 0.0706. The van der Waals surface area contributed by atoms with Gasteiger partial charge in [-0.2, -0.15) is 0 Å². The van der Waals surface area contributed by atoms with Crippen molar-refractivity contribution in [2.24, 2.45) is 5.92 Å². The molecule has 0 bridgehead atoms. The molecule has 2 N–H and O–H groups in total. The number of hydrogen-bond donors (Lipinski definition) is 2. The number of carbonyl (C=O) groups is 2. The summed E-state index contributed by atoms with van der Waals surface area (Å²) in [5, 5.41) is 6.20. The first kappa shape index (κ1) is 22.8. The standard InChI is InChI=1S/C18H27BCl2N2O3/c1-11(2)8-16(19(5)26-12(3)4)23-17(24)10-22-18(25)14-9-13(20)6-7-15(14)21/h6-7,9,11-12,16H,8,10H2,1-5H3,(H,22,25)(H,23,24)/t16-/m0/s1. The van der Waals surface area contributed by atoms with Crippen molar-refractivity contribution >= 4 is 41.9 Å². The first-order valence-electron chi connectivity index (χ1n) is 8.78. The summed E-state index contributed by atoms with van der Waals surface area (Å²) in [5.41, 5.74) is 0.238. The van der Waals surface area contributed by atoms with E-state index in [1.807, 2.05) is 20.7 Å². The fourth-order valence-electron chi connectivity index (χ4n) is 2.59. The highest BCUT2D eigenvalue weighted by atomic mass is 35.5. The Bertz CT molecular complexity index is 626. The van der Waals surface area contributed by atoms with Crippen LogP contribution in [0.4, 0.5) is 0 Å². The van der Waals surface area contributed by atoms with Gasteiger partial charge in [0.1, 0.15) is 0 Å². The van der Waals surface area contributed by atoms with E-state index in [-0.39, 0.29) is 42.0 Å². The maximum absolute atomic E-state index is 12.3. The number of nitrogens with one attached hydrogen (secondary N) is 2. The van der Waals surface area contributed by atoms with E-state index in [9.17, 15) is 9.59 Å². The zero-order valence-electron chi connectivity index (χ0n) is 15.9. The highest BCUT2D eigenvalue weighted by Crippen LogP contribution is 2.20. The third-order valence-electron chi connectivity index (χ3n) is 3.71. The van der Waals surface area contributed by atoms with Crippen molar-refractivity contribution in [3.05, 3.63) is 33.8 Å². The number of amides is 2. The predicted molar refractivity (Wildman–Crippen MR) is 108 cm³/mol. The van der Waals surface area contributed by atoms with Crippen LogP contribution in [0.5, 0.6) is 0 Å². The lowest BCUT2D eigenvalue weighted by atomic mass is 9.60. The molecule has 0 spiro atoms. The second-order valence-electron chi connectivity index (χ2n) is 7.00. The number of halogens is 2. The number of hydrogen-bond acceptors (Lipinski definition) is 3. The Balaban J connectivity index is 2.64. The SMILES string of the molecule is CB(OC(C)C)[C@H](CC(C)C)NC(=O)CNC(=O)c1cc(Cl)ccc1Cl. The van der Waals surface area contributed by atoms with E-state index < -0.39 is 5.91 Å². The van der Waals surface area contributed by atoms with E-state index in [2.05, 4.69) is 24.5 Å². The molecule has 0 aliphatic heterocycles. The van der Waals surface area contributed by atoms with Crippen LogP contribution < -0.4 is 10.6 Å². The second-order valence-corrected chi connectivity index (χ2v) is 7.84. The molecule has 8 heteroatoms. The van der Waals surface area contributed by atoms with Gasteiger partial charge in [0.15, 0.2) is 0 Å². The molecule has 1 aromatic carbocycles. The van der Waals surface area contributed by atoms with Crippen LogP contribution in [0.15, 0.2) is 18.2 Å². The van der Waals surface area contributed by atoms with Crippen LogP contribution in [0.3, 0.4) is 0 Å². The summed E-state index contributed by atoms with van der Waals surface area (Å²) < 4.78 is 5.80. The van der Waals surface area contributed by atoms with E-state index in [1.54, 1.807) is 12.1 Å². The van der Waals surface area contributed by atoms with Crippen molar-refractivity contribution in [1.29, 1.82) is 0 Å². The van der Waals surface area contributed by atoms with E-state index in [1.165, 1.54) is 6.07 Å². The van der Waals surface area contributed by atoms with Crippen molar-refractivity contribution in [3.8, 4) is 0 Å². The van der Waals surface area contributed by atoms with Gasteiger partial charge >= 0.3 is 6.92 Å². The van der Waals surface area contributed by atoms with E-state index in [0.29, 0.717) is 10.9 Å². The van der Waals surface area contributed by atoms with Crippen molar-refractivity contribution in [2.75, 3.05) is 6.54 Å². The minimum atomic E-state index is -0.445. The summed E-state index contributed by atoms with van der Waals surface area (Å²) in [6.45, 7) is 9.76. The lowest BCUT2D eigenvalue weighted by Gasteiger charge is -2.26. The molecule has 1 rings (SSSR count). The number of benzene rings is 1. The molecule has 0 saturated heterocycles. The van der Waals surface area contributed by atoms with Crippen LogP contribution in [-0.4, -0.2) is 37.3 Å². The molecule has 2 amide bonds. The van der Waals surface area contributed by atoms with Crippen molar-refractivity contribution in [1.82, 2.24) is 10.6 Å². The number of rotatable bonds is 9. The molecule has 144 valence electrons. The number of carbonyl (C=O) groups excluding carboxylic acids is 2. The molecule has 0 radical (unpaired) electrons. The molecule has 0 aliphatic rings. The van der Waals surface area contributed by atoms with Gasteiger partial charge in [-0.15, -0.1) is 0 Å². The lowest BCUT2D eigenvalue weighted by molar-refractivity contribution is -0.120. The first-order chi connectivity index (χ1) is 12.1. The van der Waals surface area contributed by atoms with Crippen LogP contribution in [-0.2, 0) is 9.45 Å². The molecular weight excluding hydrogens is 374 g/mol. The van der Waals surface area contributed by atoms with E-state index in [4.69, 9.17) is 27.9 Å². The topological polar surface area (TPSA) is 67.4 Å². The zero-order chi connectivity index (χ0) is 19.9. The third-order valence-corrected chi connectivity index (χ3v) is 4.27. The quantitative estimate of drug-likeness (QED) is 0.618. The Kier molecular flexibility index (Phi) is 9.48. The molecule has 0 fully saturated rings. The van der Waals surface area contributed by atoms with Crippen LogP contribution in [0.1, 0.15) is 44.5 Å². The highest BCUT2D eigenvalue weighted by Gasteiger charge is 2.26. The highest BCUT2D eigenvalue weighted by molar-refractivity contribution is 6.52. The van der Waals surface area contributed by atoms with Crippen LogP contribution >= 0.6 is 23.2 Å². The summed E-state index contributed by atoms with van der Waals surface area (Å²) >= 11 is 11.9. The van der Waals surface area contributed by atoms with Crippen LogP contribution in [0.2, 0.25) is 16.9 Å². The molecule has 5 nitrogen and oxygen atoms in total. The Morgan fingerprint density at radius 1 is 1.19 bits per heavy atom. The minimum Gasteiger partial charge on any atom is -0.432 e. The van der Waals surface area contributed by atoms with Gasteiger partial charge in [0.25, 0.3) is 5.91 Å². The summed E-state index contributed by atoms with van der Waals surface area (Å²) in [5.74, 6) is -0.448. The summed E-state index contributed by atoms with van der Waals surface area (Å²) in [6, 6.07) is 4.61. The summed E-state index contributed by atoms with van der Waals surface area (Å²) in [7, 11) is 0. The molecule has 0 saturated carbocycles. The van der Waals surface area contributed by atoms with Gasteiger partial charge in [0.2, 0.25) is 5.91 Å². The van der Waals surface area contributed by atoms with Crippen molar-refractivity contribution in [3.63, 3.8) is 0 Å². The molecule has 26 heavy (non-hydrogen) atoms. The average molecular weight is 401 g/mol. The summed E-state index contributed by atoms with van der Waals surface area (Å²) in [6.07, 6.45) is 0.856. The Morgan fingerprint density at radius 3 is 2.42 bits per heavy atom. The Labute approximate surface area is 166 Å². The fraction of sp³-hybridized carbons (Fsp3) is 0.556. The van der Waals surface area contributed by atoms with Gasteiger partial charge in [-0.05, 0) is 44.4 Å². The van der Waals surface area contributed by atoms with Gasteiger partial charge in [-0.1, -0.05) is 43.9 Å². The lowest BCUT2D eigenvalue weighted by Crippen LogP contribution is -2.50. The van der Waals surface area contributed by atoms with Crippen molar-refractivity contribution < 1.29 is 14.2 Å². The monoisotopic (exact) mass is 400 g/mol. The molecule has 0 aromatic heterocycles. The summed E-state index contributed by atoms with van der Waals surface area (Å²) in [4.78, 5) is 24.5. The Hall–Kier alpha value is -1.24. The van der Waals surface area contributed by atoms with Crippen LogP contribution in [0.25, 0.3) is 0 Å². The second kappa shape index (κ2) is 10.8. The van der Waals surface area contributed by atoms with Gasteiger partial charge in [-0.25, -0.2) is 0 Å². The molecule has 0 unspecified atom stereocenters. The van der Waals surface area contributed by atoms with Gasteiger partial charge in [-0.3, -0.25) is 9.59 Å². The van der Waals surface area contributed by atoms with Crippen LogP contribution in [0, 0.1) is 5.92 Å². The Morgan fingerprint density at radius 2 is 1.85 bits per heavy atom. The maximum Gasteiger partial charge on any atom is 0.312 e. The molecule has 1 aromatic rings. The van der Waals surface area contributed by atoms with E-state index >= 15 is 0 Å². The average Bonchev–Trinajstić information content (AvgIpc) is 2.53. The maximum atomic E-state index is 12.3. The largest absolute Gasteiger partial charge is 0.432 e. The van der Waals surface area contributed by atoms with Gasteiger partial charge < -0.3 is 15.3 Å². The van der Waals surface area contributed by atoms with Gasteiger partial charge in [0.05, 0.1) is 17.1 Å². The first-order valence-corrected chi connectivity index (χ1v) is 9.53. The normalized spacial score (nSPS) is 12.2. The van der Waals surface area contributed by atoms with Gasteiger partial charge in [0, 0.05) is 17.1 Å². The molecule has 1 atom stereocenters. The smallest absolute Gasteiger partial charge is 0.312 e. The third kappa shape index (κ3) is 7.98. The molecule has 0 aliphatic carbocycles. The molecular formula is C18H27BCl2N2O3. The zero-order valence-corrected chi connectivity index (χ0v) is 17.4. The van der Waals surface area contributed by atoms with E-state index in [0.717, 1.165) is 6.42 Å². The molecule has 0 heterocycles. The van der Waals surface area contributed by atoms with Crippen molar-refractivity contribution in [2.45, 2.75) is 53.0 Å².